The Bertz CT molecular complexity index is 734. The Morgan fingerprint density at radius 1 is 1.25 bits per heavy atom. The van der Waals surface area contributed by atoms with E-state index in [1.54, 1.807) is 31.2 Å². The summed E-state index contributed by atoms with van der Waals surface area (Å²) in [6.07, 6.45) is 0. The van der Waals surface area contributed by atoms with Crippen LogP contribution in [0, 0.1) is 10.1 Å². The second-order valence-electron chi connectivity index (χ2n) is 5.48. The molecule has 0 saturated carbocycles. The van der Waals surface area contributed by atoms with Crippen molar-refractivity contribution in [2.45, 2.75) is 19.5 Å². The van der Waals surface area contributed by atoms with Crippen LogP contribution >= 0.6 is 11.6 Å². The summed E-state index contributed by atoms with van der Waals surface area (Å²) in [6.45, 7) is 2.31. The summed E-state index contributed by atoms with van der Waals surface area (Å²) < 4.78 is 0. The van der Waals surface area contributed by atoms with Crippen LogP contribution in [0.3, 0.4) is 0 Å². The van der Waals surface area contributed by atoms with Crippen LogP contribution in [-0.4, -0.2) is 28.8 Å². The average Bonchev–Trinajstić information content (AvgIpc) is 2.56. The zero-order valence-corrected chi connectivity index (χ0v) is 14.2. The number of hydrogen-bond donors (Lipinski definition) is 1. The summed E-state index contributed by atoms with van der Waals surface area (Å²) in [7, 11) is 1.82. The van der Waals surface area contributed by atoms with Gasteiger partial charge in [0.05, 0.1) is 11.0 Å². The Morgan fingerprint density at radius 2 is 1.88 bits per heavy atom. The highest BCUT2D eigenvalue weighted by Crippen LogP contribution is 2.23. The normalized spacial score (nSPS) is 12.0. The number of carbonyl (C=O) groups is 1. The summed E-state index contributed by atoms with van der Waals surface area (Å²) in [6, 6.07) is 13.0. The number of nitro groups is 1. The lowest BCUT2D eigenvalue weighted by Gasteiger charge is -2.24. The summed E-state index contributed by atoms with van der Waals surface area (Å²) in [5, 5.41) is 14.3. The maximum absolute atomic E-state index is 12.4. The van der Waals surface area contributed by atoms with E-state index in [0.717, 1.165) is 5.56 Å². The maximum Gasteiger partial charge on any atom is 0.292 e. The average molecular weight is 348 g/mol. The van der Waals surface area contributed by atoms with Gasteiger partial charge in [0.25, 0.3) is 5.69 Å². The molecule has 0 saturated heterocycles. The predicted octanol–water partition coefficient (Wildman–Crippen LogP) is 3.71. The van der Waals surface area contributed by atoms with Crippen molar-refractivity contribution in [2.24, 2.45) is 0 Å². The highest BCUT2D eigenvalue weighted by molar-refractivity contribution is 6.30. The summed E-state index contributed by atoms with van der Waals surface area (Å²) in [5.74, 6) is -0.305. The number of nitrogens with one attached hydrogen (secondary N) is 1. The Balaban J connectivity index is 2.04. The van der Waals surface area contributed by atoms with Crippen LogP contribution in [-0.2, 0) is 11.3 Å². The number of carbonyl (C=O) groups excluding carboxylic acids is 1. The lowest BCUT2D eigenvalue weighted by atomic mass is 10.2. The zero-order chi connectivity index (χ0) is 17.7. The van der Waals surface area contributed by atoms with Gasteiger partial charge in [0.15, 0.2) is 0 Å². The molecule has 0 spiro atoms. The van der Waals surface area contributed by atoms with E-state index in [4.69, 9.17) is 11.6 Å². The van der Waals surface area contributed by atoms with Gasteiger partial charge >= 0.3 is 0 Å². The van der Waals surface area contributed by atoms with Crippen LogP contribution < -0.4 is 5.32 Å². The fourth-order valence-corrected chi connectivity index (χ4v) is 2.32. The molecule has 0 aliphatic rings. The zero-order valence-electron chi connectivity index (χ0n) is 13.4. The molecule has 0 bridgehead atoms. The number of nitro benzene ring substituents is 1. The van der Waals surface area contributed by atoms with Crippen molar-refractivity contribution in [2.75, 3.05) is 12.4 Å². The second kappa shape index (κ2) is 7.90. The number of rotatable bonds is 6. The Kier molecular flexibility index (Phi) is 5.89. The first-order valence-electron chi connectivity index (χ1n) is 7.37. The van der Waals surface area contributed by atoms with E-state index >= 15 is 0 Å². The first-order chi connectivity index (χ1) is 11.4. The number of likely N-dealkylation sites (N-methyl/N-ethyl adjacent to an activating group) is 1. The van der Waals surface area contributed by atoms with Crippen molar-refractivity contribution < 1.29 is 9.72 Å². The Hall–Kier alpha value is -2.44. The van der Waals surface area contributed by atoms with Crippen LogP contribution in [0.4, 0.5) is 11.4 Å². The van der Waals surface area contributed by atoms with Crippen molar-refractivity contribution in [3.05, 3.63) is 69.2 Å². The molecule has 126 valence electrons. The molecular formula is C17H18ClN3O3. The van der Waals surface area contributed by atoms with Gasteiger partial charge in [0.1, 0.15) is 5.69 Å². The predicted molar refractivity (Wildman–Crippen MR) is 94.1 cm³/mol. The van der Waals surface area contributed by atoms with E-state index in [2.05, 4.69) is 5.32 Å². The molecule has 0 aromatic heterocycles. The maximum atomic E-state index is 12.4. The van der Waals surface area contributed by atoms with E-state index < -0.39 is 11.0 Å². The Morgan fingerprint density at radius 3 is 2.50 bits per heavy atom. The monoisotopic (exact) mass is 347 g/mol. The van der Waals surface area contributed by atoms with Gasteiger partial charge in [-0.3, -0.25) is 19.8 Å². The van der Waals surface area contributed by atoms with Crippen molar-refractivity contribution in [1.29, 1.82) is 0 Å². The molecule has 1 N–H and O–H groups in total. The smallest absolute Gasteiger partial charge is 0.292 e. The summed E-state index contributed by atoms with van der Waals surface area (Å²) >= 11 is 5.86. The minimum absolute atomic E-state index is 0.126. The minimum Gasteiger partial charge on any atom is -0.319 e. The van der Waals surface area contributed by atoms with Gasteiger partial charge in [0, 0.05) is 17.6 Å². The summed E-state index contributed by atoms with van der Waals surface area (Å²) in [4.78, 5) is 24.7. The number of nitrogens with zero attached hydrogens (tertiary/aromatic N) is 2. The highest BCUT2D eigenvalue weighted by atomic mass is 35.5. The molecule has 1 atom stereocenters. The molecule has 2 aromatic carbocycles. The van der Waals surface area contributed by atoms with Crippen molar-refractivity contribution in [3.63, 3.8) is 0 Å². The van der Waals surface area contributed by atoms with E-state index in [9.17, 15) is 14.9 Å². The van der Waals surface area contributed by atoms with Crippen molar-refractivity contribution in [3.8, 4) is 0 Å². The molecule has 1 amide bonds. The van der Waals surface area contributed by atoms with Crippen LogP contribution in [0.1, 0.15) is 12.5 Å². The van der Waals surface area contributed by atoms with Gasteiger partial charge in [-0.2, -0.15) is 0 Å². The van der Waals surface area contributed by atoms with Gasteiger partial charge in [0.2, 0.25) is 5.91 Å². The van der Waals surface area contributed by atoms with E-state index in [0.29, 0.717) is 11.6 Å². The molecule has 0 heterocycles. The molecule has 0 aliphatic carbocycles. The Labute approximate surface area is 145 Å². The topological polar surface area (TPSA) is 75.5 Å². The first-order valence-corrected chi connectivity index (χ1v) is 7.75. The molecule has 2 aromatic rings. The molecule has 0 aliphatic heterocycles. The van der Waals surface area contributed by atoms with Crippen LogP contribution in [0.25, 0.3) is 0 Å². The molecule has 7 heteroatoms. The summed E-state index contributed by atoms with van der Waals surface area (Å²) in [5.41, 5.74) is 1.09. The molecule has 0 unspecified atom stereocenters. The number of amides is 1. The third-order valence-electron chi connectivity index (χ3n) is 3.74. The van der Waals surface area contributed by atoms with Crippen molar-refractivity contribution >= 4 is 28.9 Å². The van der Waals surface area contributed by atoms with Crippen LogP contribution in [0.15, 0.2) is 48.5 Å². The van der Waals surface area contributed by atoms with Gasteiger partial charge in [-0.15, -0.1) is 0 Å². The highest BCUT2D eigenvalue weighted by Gasteiger charge is 2.21. The standard InChI is InChI=1S/C17H18ClN3O3/c1-12(20(2)11-13-7-9-14(18)10-8-13)17(22)19-15-5-3-4-6-16(15)21(23)24/h3-10,12H,11H2,1-2H3,(H,19,22)/t12-/m1/s1. The number of para-hydroxylation sites is 2. The van der Waals surface area contributed by atoms with Crippen LogP contribution in [0.5, 0.6) is 0 Å². The second-order valence-corrected chi connectivity index (χ2v) is 5.92. The largest absolute Gasteiger partial charge is 0.319 e. The van der Waals surface area contributed by atoms with Gasteiger partial charge in [-0.1, -0.05) is 35.9 Å². The lowest BCUT2D eigenvalue weighted by molar-refractivity contribution is -0.383. The number of benzene rings is 2. The van der Waals surface area contributed by atoms with Gasteiger partial charge < -0.3 is 5.32 Å². The molecule has 24 heavy (non-hydrogen) atoms. The number of halogens is 1. The fourth-order valence-electron chi connectivity index (χ4n) is 2.19. The molecule has 6 nitrogen and oxygen atoms in total. The van der Waals surface area contributed by atoms with Crippen LogP contribution in [0.2, 0.25) is 5.02 Å². The van der Waals surface area contributed by atoms with Gasteiger partial charge in [-0.05, 0) is 37.7 Å². The lowest BCUT2D eigenvalue weighted by Crippen LogP contribution is -2.39. The third kappa shape index (κ3) is 4.53. The molecule has 0 radical (unpaired) electrons. The SMILES string of the molecule is C[C@H](C(=O)Nc1ccccc1[N+](=O)[O-])N(C)Cc1ccc(Cl)cc1. The first kappa shape index (κ1) is 17.9. The van der Waals surface area contributed by atoms with Gasteiger partial charge in [-0.25, -0.2) is 0 Å². The van der Waals surface area contributed by atoms with E-state index in [1.807, 2.05) is 24.1 Å². The van der Waals surface area contributed by atoms with E-state index in [1.165, 1.54) is 12.1 Å². The quantitative estimate of drug-likeness (QED) is 0.638. The molecule has 2 rings (SSSR count). The third-order valence-corrected chi connectivity index (χ3v) is 4.00. The number of hydrogen-bond acceptors (Lipinski definition) is 4. The van der Waals surface area contributed by atoms with E-state index in [-0.39, 0.29) is 17.3 Å². The number of anilines is 1. The molecule has 0 fully saturated rings. The minimum atomic E-state index is -0.516. The molecular weight excluding hydrogens is 330 g/mol. The fraction of sp³-hybridized carbons (Fsp3) is 0.235. The van der Waals surface area contributed by atoms with Crippen molar-refractivity contribution in [1.82, 2.24) is 4.90 Å².